The number of nitrogens with zero attached hydrogens (tertiary/aromatic N) is 3. The summed E-state index contributed by atoms with van der Waals surface area (Å²) in [6.07, 6.45) is 1.95. The third-order valence-electron chi connectivity index (χ3n) is 5.86. The third kappa shape index (κ3) is 2.08. The van der Waals surface area contributed by atoms with Crippen molar-refractivity contribution >= 4 is 38.5 Å². The lowest BCUT2D eigenvalue weighted by Crippen LogP contribution is -2.27. The van der Waals surface area contributed by atoms with Crippen LogP contribution in [0.4, 0.5) is 0 Å². The molecule has 5 aromatic rings. The zero-order chi connectivity index (χ0) is 18.7. The van der Waals surface area contributed by atoms with Crippen molar-refractivity contribution < 1.29 is 4.57 Å². The fourth-order valence-electron chi connectivity index (χ4n) is 4.56. The van der Waals surface area contributed by atoms with Gasteiger partial charge >= 0.3 is 0 Å². The molecule has 0 fully saturated rings. The van der Waals surface area contributed by atoms with Gasteiger partial charge in [0.05, 0.1) is 23.3 Å². The second-order valence-electron chi connectivity index (χ2n) is 7.38. The second-order valence-corrected chi connectivity index (χ2v) is 7.38. The Morgan fingerprint density at radius 2 is 1.70 bits per heavy atom. The maximum Gasteiger partial charge on any atom is 0.297 e. The van der Waals surface area contributed by atoms with Crippen molar-refractivity contribution in [1.82, 2.24) is 9.38 Å². The van der Waals surface area contributed by atoms with Gasteiger partial charge in [0.15, 0.2) is 11.0 Å². The lowest BCUT2D eigenvalue weighted by Gasteiger charge is -2.11. The first-order valence-electron chi connectivity index (χ1n) is 9.78. The van der Waals surface area contributed by atoms with E-state index in [0.717, 1.165) is 24.1 Å². The largest absolute Gasteiger partial charge is 0.297 e. The zero-order valence-corrected chi connectivity index (χ0v) is 16.4. The normalized spacial score (nSPS) is 12.0. The molecule has 0 aliphatic heterocycles. The standard InChI is InChI=1S/C24H24N3/c1-5-16-10-9-13-20-22(16)23-21(15(3)14-17(6-2)25-23)24-26(4)18-11-7-8-12-19(18)27(20)24/h7-14H,5-6H2,1-4H3/q+1. The van der Waals surface area contributed by atoms with Crippen LogP contribution >= 0.6 is 0 Å². The molecule has 0 radical (unpaired) electrons. The average molecular weight is 354 g/mol. The number of aryl methyl sites for hydroxylation is 4. The monoisotopic (exact) mass is 354 g/mol. The number of pyridine rings is 2. The molecule has 3 heterocycles. The number of para-hydroxylation sites is 2. The molecule has 0 spiro atoms. The van der Waals surface area contributed by atoms with Crippen LogP contribution in [0.25, 0.3) is 38.5 Å². The molecule has 0 bridgehead atoms. The van der Waals surface area contributed by atoms with E-state index in [0.29, 0.717) is 0 Å². The van der Waals surface area contributed by atoms with Crippen LogP contribution in [-0.4, -0.2) is 9.38 Å². The molecule has 3 nitrogen and oxygen atoms in total. The maximum atomic E-state index is 5.13. The SMILES string of the molecule is CCc1cc(C)c2c(n1)c1c(CC)cccc1n1c3ccccc3[n+](C)c21. The van der Waals surface area contributed by atoms with Crippen molar-refractivity contribution in [2.24, 2.45) is 7.05 Å². The number of fused-ring (bicyclic) bond motifs is 8. The quantitative estimate of drug-likeness (QED) is 0.321. The van der Waals surface area contributed by atoms with Gasteiger partial charge in [-0.25, -0.2) is 4.57 Å². The molecular formula is C24H24N3+. The summed E-state index contributed by atoms with van der Waals surface area (Å²) in [4.78, 5) is 5.13. The van der Waals surface area contributed by atoms with Gasteiger partial charge in [0.2, 0.25) is 0 Å². The lowest BCUT2D eigenvalue weighted by atomic mass is 10.0. The fraction of sp³-hybridized carbons (Fsp3) is 0.250. The van der Waals surface area contributed by atoms with Crippen LogP contribution < -0.4 is 4.57 Å². The summed E-state index contributed by atoms with van der Waals surface area (Å²) >= 11 is 0. The lowest BCUT2D eigenvalue weighted by molar-refractivity contribution is -0.617. The predicted molar refractivity (Wildman–Crippen MR) is 112 cm³/mol. The second kappa shape index (κ2) is 5.78. The molecule has 3 aromatic heterocycles. The van der Waals surface area contributed by atoms with Gasteiger partial charge in [0, 0.05) is 5.69 Å². The molecule has 2 aromatic carbocycles. The molecule has 0 unspecified atom stereocenters. The minimum absolute atomic E-state index is 0.951. The number of aromatic nitrogens is 3. The summed E-state index contributed by atoms with van der Waals surface area (Å²) < 4.78 is 4.74. The molecule has 134 valence electrons. The molecule has 0 saturated heterocycles. The summed E-state index contributed by atoms with van der Waals surface area (Å²) in [6.45, 7) is 6.64. The summed E-state index contributed by atoms with van der Waals surface area (Å²) in [5, 5.41) is 2.56. The average Bonchev–Trinajstić information content (AvgIpc) is 3.00. The molecule has 0 aliphatic rings. The van der Waals surface area contributed by atoms with E-state index in [-0.39, 0.29) is 0 Å². The van der Waals surface area contributed by atoms with Gasteiger partial charge in [-0.2, -0.15) is 4.40 Å². The van der Waals surface area contributed by atoms with E-state index in [1.165, 1.54) is 44.1 Å². The maximum absolute atomic E-state index is 5.13. The van der Waals surface area contributed by atoms with Gasteiger partial charge in [-0.1, -0.05) is 38.1 Å². The van der Waals surface area contributed by atoms with Gasteiger partial charge in [-0.15, -0.1) is 0 Å². The van der Waals surface area contributed by atoms with Crippen LogP contribution in [-0.2, 0) is 19.9 Å². The van der Waals surface area contributed by atoms with E-state index >= 15 is 0 Å². The van der Waals surface area contributed by atoms with E-state index < -0.39 is 0 Å². The van der Waals surface area contributed by atoms with E-state index in [9.17, 15) is 0 Å². The molecule has 0 atom stereocenters. The highest BCUT2D eigenvalue weighted by molar-refractivity contribution is 6.13. The summed E-state index contributed by atoms with van der Waals surface area (Å²) in [5.41, 5.74) is 9.92. The zero-order valence-electron chi connectivity index (χ0n) is 16.4. The van der Waals surface area contributed by atoms with Gasteiger partial charge in [0.25, 0.3) is 5.65 Å². The number of rotatable bonds is 2. The van der Waals surface area contributed by atoms with Crippen molar-refractivity contribution in [3.63, 3.8) is 0 Å². The molecule has 0 aliphatic carbocycles. The molecule has 3 heteroatoms. The van der Waals surface area contributed by atoms with Crippen LogP contribution in [0, 0.1) is 6.92 Å². The van der Waals surface area contributed by atoms with Crippen molar-refractivity contribution in [3.8, 4) is 0 Å². The van der Waals surface area contributed by atoms with Crippen molar-refractivity contribution in [3.05, 3.63) is 65.4 Å². The highest BCUT2D eigenvalue weighted by atomic mass is 15.1. The first-order chi connectivity index (χ1) is 13.2. The van der Waals surface area contributed by atoms with E-state index in [1.54, 1.807) is 0 Å². The Hall–Kier alpha value is -2.94. The number of hydrogen-bond acceptors (Lipinski definition) is 1. The van der Waals surface area contributed by atoms with E-state index in [1.807, 2.05) is 0 Å². The van der Waals surface area contributed by atoms with Crippen LogP contribution in [0.5, 0.6) is 0 Å². The smallest absolute Gasteiger partial charge is 0.252 e. The van der Waals surface area contributed by atoms with Crippen molar-refractivity contribution in [2.75, 3.05) is 0 Å². The van der Waals surface area contributed by atoms with Crippen molar-refractivity contribution in [2.45, 2.75) is 33.6 Å². The minimum atomic E-state index is 0.951. The Kier molecular flexibility index (Phi) is 3.48. The molecule has 0 N–H and O–H groups in total. The predicted octanol–water partition coefficient (Wildman–Crippen LogP) is 5.05. The van der Waals surface area contributed by atoms with Gasteiger partial charge in [-0.3, -0.25) is 4.98 Å². The van der Waals surface area contributed by atoms with E-state index in [4.69, 9.17) is 4.98 Å². The molecule has 0 amide bonds. The molecule has 5 rings (SSSR count). The molecule has 27 heavy (non-hydrogen) atoms. The van der Waals surface area contributed by atoms with Crippen LogP contribution in [0.2, 0.25) is 0 Å². The number of benzene rings is 2. The van der Waals surface area contributed by atoms with Crippen LogP contribution in [0.15, 0.2) is 48.5 Å². The van der Waals surface area contributed by atoms with E-state index in [2.05, 4.69) is 85.3 Å². The fourth-order valence-corrected chi connectivity index (χ4v) is 4.56. The van der Waals surface area contributed by atoms with Crippen LogP contribution in [0.1, 0.15) is 30.7 Å². The first kappa shape index (κ1) is 16.2. The van der Waals surface area contributed by atoms with Gasteiger partial charge in [0.1, 0.15) is 5.52 Å². The Morgan fingerprint density at radius 3 is 2.48 bits per heavy atom. The van der Waals surface area contributed by atoms with Crippen molar-refractivity contribution in [1.29, 1.82) is 0 Å². The van der Waals surface area contributed by atoms with Gasteiger partial charge in [-0.05, 0) is 55.2 Å². The van der Waals surface area contributed by atoms with Gasteiger partial charge < -0.3 is 0 Å². The minimum Gasteiger partial charge on any atom is -0.252 e. The highest BCUT2D eigenvalue weighted by Gasteiger charge is 2.25. The Bertz CT molecular complexity index is 1360. The number of hydrogen-bond donors (Lipinski definition) is 0. The Morgan fingerprint density at radius 1 is 0.926 bits per heavy atom. The molecular weight excluding hydrogens is 330 g/mol. The Balaban J connectivity index is 2.23. The molecule has 0 saturated carbocycles. The highest BCUT2D eigenvalue weighted by Crippen LogP contribution is 2.34. The van der Waals surface area contributed by atoms with Crippen LogP contribution in [0.3, 0.4) is 0 Å². The Labute approximate surface area is 158 Å². The number of imidazole rings is 1. The summed E-state index contributed by atoms with van der Waals surface area (Å²) in [5.74, 6) is 0. The third-order valence-corrected chi connectivity index (χ3v) is 5.86. The summed E-state index contributed by atoms with van der Waals surface area (Å²) in [7, 11) is 2.17. The topological polar surface area (TPSA) is 21.2 Å². The summed E-state index contributed by atoms with van der Waals surface area (Å²) in [6, 6.07) is 17.6. The first-order valence-corrected chi connectivity index (χ1v) is 9.78.